The van der Waals surface area contributed by atoms with E-state index in [0.29, 0.717) is 12.5 Å². The fourth-order valence-corrected chi connectivity index (χ4v) is 2.22. The highest BCUT2D eigenvalue weighted by Crippen LogP contribution is 2.15. The van der Waals surface area contributed by atoms with Gasteiger partial charge in [0.05, 0.1) is 0 Å². The molecule has 1 aliphatic heterocycles. The number of rotatable bonds is 4. The van der Waals surface area contributed by atoms with Crippen LogP contribution in [0.1, 0.15) is 39.5 Å². The molecular weight excluding hydrogens is 202 g/mol. The lowest BCUT2D eigenvalue weighted by Crippen LogP contribution is -2.48. The van der Waals surface area contributed by atoms with Gasteiger partial charge in [-0.25, -0.2) is 4.79 Å². The highest BCUT2D eigenvalue weighted by atomic mass is 16.2. The standard InChI is InChI=1S/C12H25N3O/c1-3-11(6-7-13)14-12(16)15-8-4-5-10(2)9-15/h10-11H,3-9,13H2,1-2H3,(H,14,16). The van der Waals surface area contributed by atoms with Crippen LogP contribution in [0.25, 0.3) is 0 Å². The molecule has 94 valence electrons. The lowest BCUT2D eigenvalue weighted by Gasteiger charge is -2.32. The van der Waals surface area contributed by atoms with E-state index in [1.165, 1.54) is 6.42 Å². The molecule has 1 aliphatic rings. The molecule has 0 aromatic heterocycles. The smallest absolute Gasteiger partial charge is 0.317 e. The number of nitrogens with zero attached hydrogens (tertiary/aromatic N) is 1. The van der Waals surface area contributed by atoms with Gasteiger partial charge >= 0.3 is 6.03 Å². The van der Waals surface area contributed by atoms with Gasteiger partial charge in [0.25, 0.3) is 0 Å². The Morgan fingerprint density at radius 3 is 2.94 bits per heavy atom. The van der Waals surface area contributed by atoms with Gasteiger partial charge in [-0.1, -0.05) is 13.8 Å². The Bertz CT molecular complexity index is 220. The van der Waals surface area contributed by atoms with E-state index in [1.54, 1.807) is 0 Å². The Morgan fingerprint density at radius 1 is 1.62 bits per heavy atom. The van der Waals surface area contributed by atoms with Gasteiger partial charge < -0.3 is 16.0 Å². The first-order valence-electron chi connectivity index (χ1n) is 6.42. The van der Waals surface area contributed by atoms with Crippen LogP contribution in [0.2, 0.25) is 0 Å². The normalized spacial score (nSPS) is 22.9. The van der Waals surface area contributed by atoms with Crippen LogP contribution >= 0.6 is 0 Å². The summed E-state index contributed by atoms with van der Waals surface area (Å²) in [5.41, 5.74) is 5.52. The lowest BCUT2D eigenvalue weighted by molar-refractivity contribution is 0.165. The number of piperidine rings is 1. The molecule has 0 aromatic rings. The number of hydrogen-bond donors (Lipinski definition) is 2. The van der Waals surface area contributed by atoms with Crippen LogP contribution in [0, 0.1) is 5.92 Å². The zero-order valence-corrected chi connectivity index (χ0v) is 10.5. The number of likely N-dealkylation sites (tertiary alicyclic amines) is 1. The summed E-state index contributed by atoms with van der Waals surface area (Å²) < 4.78 is 0. The SMILES string of the molecule is CCC(CCN)NC(=O)N1CCCC(C)C1. The molecule has 1 rings (SSSR count). The lowest BCUT2D eigenvalue weighted by atomic mass is 10.0. The average molecular weight is 227 g/mol. The predicted octanol–water partition coefficient (Wildman–Crippen LogP) is 1.56. The molecule has 0 saturated carbocycles. The van der Waals surface area contributed by atoms with Crippen molar-refractivity contribution < 1.29 is 4.79 Å². The van der Waals surface area contributed by atoms with E-state index in [9.17, 15) is 4.79 Å². The van der Waals surface area contributed by atoms with E-state index in [0.717, 1.165) is 32.4 Å². The minimum absolute atomic E-state index is 0.0897. The summed E-state index contributed by atoms with van der Waals surface area (Å²) in [7, 11) is 0. The van der Waals surface area contributed by atoms with Crippen LogP contribution in [0.4, 0.5) is 4.79 Å². The molecule has 4 nitrogen and oxygen atoms in total. The summed E-state index contributed by atoms with van der Waals surface area (Å²) >= 11 is 0. The molecule has 0 bridgehead atoms. The highest BCUT2D eigenvalue weighted by Gasteiger charge is 2.22. The van der Waals surface area contributed by atoms with Crippen LogP contribution in [0.5, 0.6) is 0 Å². The third kappa shape index (κ3) is 4.00. The number of carbonyl (C=O) groups excluding carboxylic acids is 1. The minimum atomic E-state index is 0.0897. The van der Waals surface area contributed by atoms with Gasteiger partial charge in [-0.15, -0.1) is 0 Å². The molecule has 3 N–H and O–H groups in total. The van der Waals surface area contributed by atoms with Gasteiger partial charge in [-0.05, 0) is 38.1 Å². The van der Waals surface area contributed by atoms with Crippen molar-refractivity contribution in [2.24, 2.45) is 11.7 Å². The molecule has 2 unspecified atom stereocenters. The first-order valence-corrected chi connectivity index (χ1v) is 6.42. The minimum Gasteiger partial charge on any atom is -0.335 e. The van der Waals surface area contributed by atoms with E-state index in [4.69, 9.17) is 5.73 Å². The number of amides is 2. The Kier molecular flexibility index (Phi) is 5.60. The van der Waals surface area contributed by atoms with Crippen LogP contribution in [-0.2, 0) is 0 Å². The number of nitrogens with two attached hydrogens (primary N) is 1. The Hall–Kier alpha value is -0.770. The van der Waals surface area contributed by atoms with Crippen molar-refractivity contribution in [3.05, 3.63) is 0 Å². The maximum Gasteiger partial charge on any atom is 0.317 e. The predicted molar refractivity (Wildman–Crippen MR) is 66.3 cm³/mol. The van der Waals surface area contributed by atoms with E-state index >= 15 is 0 Å². The second kappa shape index (κ2) is 6.74. The Labute approximate surface area is 98.6 Å². The fourth-order valence-electron chi connectivity index (χ4n) is 2.22. The van der Waals surface area contributed by atoms with E-state index in [1.807, 2.05) is 4.90 Å². The van der Waals surface area contributed by atoms with E-state index < -0.39 is 0 Å². The third-order valence-electron chi connectivity index (χ3n) is 3.28. The summed E-state index contributed by atoms with van der Waals surface area (Å²) in [4.78, 5) is 13.9. The molecule has 0 spiro atoms. The molecule has 1 saturated heterocycles. The summed E-state index contributed by atoms with van der Waals surface area (Å²) in [6, 6.07) is 0.321. The Morgan fingerprint density at radius 2 is 2.38 bits per heavy atom. The first-order chi connectivity index (χ1) is 7.67. The van der Waals surface area contributed by atoms with Crippen molar-refractivity contribution in [1.29, 1.82) is 0 Å². The molecule has 16 heavy (non-hydrogen) atoms. The number of carbonyl (C=O) groups is 1. The van der Waals surface area contributed by atoms with Crippen molar-refractivity contribution in [2.45, 2.75) is 45.6 Å². The van der Waals surface area contributed by atoms with Gasteiger partial charge in [0.15, 0.2) is 0 Å². The van der Waals surface area contributed by atoms with Crippen molar-refractivity contribution in [3.63, 3.8) is 0 Å². The Balaban J connectivity index is 2.37. The van der Waals surface area contributed by atoms with Crippen LogP contribution < -0.4 is 11.1 Å². The van der Waals surface area contributed by atoms with Crippen molar-refractivity contribution in [3.8, 4) is 0 Å². The molecule has 2 atom stereocenters. The molecule has 1 heterocycles. The number of urea groups is 1. The number of nitrogens with one attached hydrogen (secondary N) is 1. The van der Waals surface area contributed by atoms with Crippen molar-refractivity contribution in [2.75, 3.05) is 19.6 Å². The number of hydrogen-bond acceptors (Lipinski definition) is 2. The van der Waals surface area contributed by atoms with Gasteiger partial charge in [0, 0.05) is 19.1 Å². The molecule has 0 aliphatic carbocycles. The summed E-state index contributed by atoms with van der Waals surface area (Å²) in [6.45, 7) is 6.71. The summed E-state index contributed by atoms with van der Waals surface area (Å²) in [5.74, 6) is 0.633. The largest absolute Gasteiger partial charge is 0.335 e. The van der Waals surface area contributed by atoms with Gasteiger partial charge in [0.2, 0.25) is 0 Å². The van der Waals surface area contributed by atoms with Crippen LogP contribution in [0.15, 0.2) is 0 Å². The van der Waals surface area contributed by atoms with Crippen LogP contribution in [0.3, 0.4) is 0 Å². The molecule has 0 aromatic carbocycles. The quantitative estimate of drug-likeness (QED) is 0.765. The molecule has 0 radical (unpaired) electrons. The van der Waals surface area contributed by atoms with Gasteiger partial charge in [-0.2, -0.15) is 0 Å². The molecular formula is C12H25N3O. The van der Waals surface area contributed by atoms with Gasteiger partial charge in [0.1, 0.15) is 0 Å². The zero-order valence-electron chi connectivity index (χ0n) is 10.5. The fraction of sp³-hybridized carbons (Fsp3) is 0.917. The molecule has 4 heteroatoms. The van der Waals surface area contributed by atoms with Gasteiger partial charge in [-0.3, -0.25) is 0 Å². The average Bonchev–Trinajstić information content (AvgIpc) is 2.28. The maximum atomic E-state index is 12.0. The van der Waals surface area contributed by atoms with E-state index in [-0.39, 0.29) is 12.1 Å². The first kappa shape index (κ1) is 13.3. The molecule has 2 amide bonds. The monoisotopic (exact) mass is 227 g/mol. The highest BCUT2D eigenvalue weighted by molar-refractivity contribution is 5.74. The van der Waals surface area contributed by atoms with Crippen molar-refractivity contribution >= 4 is 6.03 Å². The topological polar surface area (TPSA) is 58.4 Å². The zero-order chi connectivity index (χ0) is 12.0. The second-order valence-corrected chi connectivity index (χ2v) is 4.83. The second-order valence-electron chi connectivity index (χ2n) is 4.83. The van der Waals surface area contributed by atoms with Crippen molar-refractivity contribution in [1.82, 2.24) is 10.2 Å². The van der Waals surface area contributed by atoms with Crippen LogP contribution in [-0.4, -0.2) is 36.6 Å². The summed E-state index contributed by atoms with van der Waals surface area (Å²) in [6.07, 6.45) is 4.18. The third-order valence-corrected chi connectivity index (χ3v) is 3.28. The molecule has 1 fully saturated rings. The maximum absolute atomic E-state index is 12.0. The van der Waals surface area contributed by atoms with E-state index in [2.05, 4.69) is 19.2 Å². The summed E-state index contributed by atoms with van der Waals surface area (Å²) in [5, 5.41) is 3.06.